The van der Waals surface area contributed by atoms with Crippen LogP contribution in [0.25, 0.3) is 5.69 Å². The number of nitrogens with one attached hydrogen (secondary N) is 1. The van der Waals surface area contributed by atoms with Crippen LogP contribution in [0.1, 0.15) is 33.7 Å². The van der Waals surface area contributed by atoms with Gasteiger partial charge in [-0.2, -0.15) is 5.10 Å². The van der Waals surface area contributed by atoms with E-state index < -0.39 is 10.8 Å². The Balaban J connectivity index is 1.59. The normalized spacial score (nSPS) is 12.6. The van der Waals surface area contributed by atoms with Gasteiger partial charge in [-0.1, -0.05) is 18.2 Å². The van der Waals surface area contributed by atoms with E-state index in [1.54, 1.807) is 12.1 Å². The molecule has 7 nitrogen and oxygen atoms in total. The first-order valence-corrected chi connectivity index (χ1v) is 10.6. The van der Waals surface area contributed by atoms with Crippen molar-refractivity contribution in [2.75, 3.05) is 6.26 Å². The van der Waals surface area contributed by atoms with Crippen LogP contribution in [0.5, 0.6) is 0 Å². The minimum absolute atomic E-state index is 0.0704. The second-order valence-electron chi connectivity index (χ2n) is 6.80. The maximum absolute atomic E-state index is 12.7. The Bertz CT molecular complexity index is 1080. The van der Waals surface area contributed by atoms with E-state index in [4.69, 9.17) is 5.10 Å². The molecule has 1 aliphatic carbocycles. The lowest BCUT2D eigenvalue weighted by atomic mass is 10.1. The Hall–Kier alpha value is -3.13. The highest BCUT2D eigenvalue weighted by Gasteiger charge is 2.25. The molecule has 0 aliphatic heterocycles. The Morgan fingerprint density at radius 1 is 1.24 bits per heavy atom. The van der Waals surface area contributed by atoms with Crippen LogP contribution in [-0.2, 0) is 19.4 Å². The van der Waals surface area contributed by atoms with Crippen molar-refractivity contribution < 1.29 is 9.72 Å². The highest BCUT2D eigenvalue weighted by Crippen LogP contribution is 2.28. The van der Waals surface area contributed by atoms with Crippen molar-refractivity contribution in [3.05, 3.63) is 81.2 Å². The number of nitro groups is 1. The van der Waals surface area contributed by atoms with Gasteiger partial charge in [0, 0.05) is 16.7 Å². The zero-order valence-corrected chi connectivity index (χ0v) is 16.7. The molecule has 1 heterocycles. The van der Waals surface area contributed by atoms with Crippen LogP contribution >= 0.6 is 11.8 Å². The highest BCUT2D eigenvalue weighted by atomic mass is 32.2. The fraction of sp³-hybridized carbons (Fsp3) is 0.238. The van der Waals surface area contributed by atoms with Crippen LogP contribution in [0.15, 0.2) is 53.4 Å². The monoisotopic (exact) mass is 408 g/mol. The van der Waals surface area contributed by atoms with Crippen LogP contribution in [-0.4, -0.2) is 26.9 Å². The fourth-order valence-electron chi connectivity index (χ4n) is 3.68. The van der Waals surface area contributed by atoms with Crippen LogP contribution in [0.2, 0.25) is 0 Å². The predicted octanol–water partition coefficient (Wildman–Crippen LogP) is 3.92. The molecule has 148 valence electrons. The summed E-state index contributed by atoms with van der Waals surface area (Å²) in [4.78, 5) is 24.3. The number of carbonyl (C=O) groups excluding carboxylic acids is 1. The maximum Gasteiger partial charge on any atom is 0.282 e. The van der Waals surface area contributed by atoms with Crippen molar-refractivity contribution in [2.45, 2.75) is 30.7 Å². The van der Waals surface area contributed by atoms with Gasteiger partial charge in [-0.05, 0) is 55.3 Å². The maximum atomic E-state index is 12.7. The molecule has 0 unspecified atom stereocenters. The van der Waals surface area contributed by atoms with E-state index in [1.807, 2.05) is 41.3 Å². The third-order valence-corrected chi connectivity index (χ3v) is 5.80. The van der Waals surface area contributed by atoms with E-state index in [-0.39, 0.29) is 17.8 Å². The van der Waals surface area contributed by atoms with Crippen molar-refractivity contribution >= 4 is 23.4 Å². The number of benzene rings is 2. The number of fused-ring (bicyclic) bond motifs is 1. The van der Waals surface area contributed by atoms with Crippen LogP contribution in [0.4, 0.5) is 5.69 Å². The largest absolute Gasteiger partial charge is 0.346 e. The molecule has 0 radical (unpaired) electrons. The third-order valence-electron chi connectivity index (χ3n) is 5.08. The molecule has 3 aromatic rings. The van der Waals surface area contributed by atoms with Crippen molar-refractivity contribution in [1.29, 1.82) is 0 Å². The van der Waals surface area contributed by atoms with Gasteiger partial charge in [-0.15, -0.1) is 11.8 Å². The second-order valence-corrected chi connectivity index (χ2v) is 7.68. The summed E-state index contributed by atoms with van der Waals surface area (Å²) in [7, 11) is 0. The Kier molecular flexibility index (Phi) is 5.35. The summed E-state index contributed by atoms with van der Waals surface area (Å²) in [5.41, 5.74) is 4.03. The lowest BCUT2D eigenvalue weighted by molar-refractivity contribution is -0.385. The van der Waals surface area contributed by atoms with Crippen LogP contribution < -0.4 is 5.32 Å². The summed E-state index contributed by atoms with van der Waals surface area (Å²) in [6, 6.07) is 14.5. The number of rotatable bonds is 6. The Morgan fingerprint density at radius 2 is 2.03 bits per heavy atom. The Morgan fingerprint density at radius 3 is 2.76 bits per heavy atom. The number of hydrogen-bond acceptors (Lipinski definition) is 5. The molecular formula is C21H20N4O3S. The smallest absolute Gasteiger partial charge is 0.282 e. The topological polar surface area (TPSA) is 90.1 Å². The van der Waals surface area contributed by atoms with Gasteiger partial charge in [-0.25, -0.2) is 4.68 Å². The molecule has 4 rings (SSSR count). The molecule has 0 saturated heterocycles. The summed E-state index contributed by atoms with van der Waals surface area (Å²) in [6.45, 7) is 0.238. The number of nitrogens with zero attached hydrogens (tertiary/aromatic N) is 3. The molecule has 29 heavy (non-hydrogen) atoms. The first-order chi connectivity index (χ1) is 14.1. The molecule has 1 aliphatic rings. The summed E-state index contributed by atoms with van der Waals surface area (Å²) < 4.78 is 1.95. The first kappa shape index (κ1) is 19.2. The molecule has 0 spiro atoms. The van der Waals surface area contributed by atoms with Crippen molar-refractivity contribution in [2.24, 2.45) is 0 Å². The zero-order valence-electron chi connectivity index (χ0n) is 15.9. The fourth-order valence-corrected chi connectivity index (χ4v) is 4.12. The first-order valence-electron chi connectivity index (χ1n) is 9.34. The number of para-hydroxylation sites is 1. The molecule has 1 aromatic heterocycles. The zero-order chi connectivity index (χ0) is 20.4. The number of carbonyl (C=O) groups is 1. The van der Waals surface area contributed by atoms with Gasteiger partial charge >= 0.3 is 0 Å². The van der Waals surface area contributed by atoms with E-state index in [1.165, 1.54) is 29.1 Å². The lowest BCUT2D eigenvalue weighted by Crippen LogP contribution is -2.24. The summed E-state index contributed by atoms with van der Waals surface area (Å²) in [5.74, 6) is -0.464. The van der Waals surface area contributed by atoms with Crippen molar-refractivity contribution in [1.82, 2.24) is 15.1 Å². The lowest BCUT2D eigenvalue weighted by Gasteiger charge is -2.07. The second kappa shape index (κ2) is 8.08. The van der Waals surface area contributed by atoms with E-state index in [2.05, 4.69) is 5.32 Å². The number of amides is 1. The van der Waals surface area contributed by atoms with Gasteiger partial charge in [0.25, 0.3) is 11.6 Å². The summed E-state index contributed by atoms with van der Waals surface area (Å²) in [5, 5.41) is 18.9. The average Bonchev–Trinajstić information content (AvgIpc) is 3.35. The molecule has 0 bridgehead atoms. The van der Waals surface area contributed by atoms with E-state index in [9.17, 15) is 14.9 Å². The van der Waals surface area contributed by atoms with Gasteiger partial charge in [0.2, 0.25) is 0 Å². The molecule has 8 heteroatoms. The van der Waals surface area contributed by atoms with E-state index in [0.717, 1.165) is 35.5 Å². The third kappa shape index (κ3) is 3.75. The number of aromatic nitrogens is 2. The van der Waals surface area contributed by atoms with Crippen molar-refractivity contribution in [3.8, 4) is 5.69 Å². The van der Waals surface area contributed by atoms with Gasteiger partial charge in [0.1, 0.15) is 5.56 Å². The summed E-state index contributed by atoms with van der Waals surface area (Å²) >= 11 is 1.43. The molecule has 0 atom stereocenters. The minimum Gasteiger partial charge on any atom is -0.346 e. The minimum atomic E-state index is -0.527. The van der Waals surface area contributed by atoms with Gasteiger partial charge in [-0.3, -0.25) is 14.9 Å². The van der Waals surface area contributed by atoms with Crippen LogP contribution in [0, 0.1) is 10.1 Å². The quantitative estimate of drug-likeness (QED) is 0.379. The molecular weight excluding hydrogens is 388 g/mol. The van der Waals surface area contributed by atoms with Crippen molar-refractivity contribution in [3.63, 3.8) is 0 Å². The molecule has 2 aromatic carbocycles. The number of nitro benzene ring substituents is 1. The molecule has 1 amide bonds. The molecule has 0 fully saturated rings. The Labute approximate surface area is 172 Å². The van der Waals surface area contributed by atoms with Gasteiger partial charge in [0.05, 0.1) is 22.8 Å². The standard InChI is InChI=1S/C21H20N4O3S/c1-29-15-10-11-20(25(27)28)17(12-15)21(26)22-13-18-16-8-5-9-19(16)24(23-18)14-6-3-2-4-7-14/h2-4,6-7,10-12H,5,8-9,13H2,1H3,(H,22,26). The SMILES string of the molecule is CSc1ccc([N+](=O)[O-])c(C(=O)NCc2nn(-c3ccccc3)c3c2CCC3)c1. The predicted molar refractivity (Wildman–Crippen MR) is 112 cm³/mol. The van der Waals surface area contributed by atoms with E-state index in [0.29, 0.717) is 0 Å². The average molecular weight is 408 g/mol. The number of thioether (sulfide) groups is 1. The molecule has 0 saturated carbocycles. The molecule has 1 N–H and O–H groups in total. The van der Waals surface area contributed by atoms with Crippen LogP contribution in [0.3, 0.4) is 0 Å². The van der Waals surface area contributed by atoms with Gasteiger partial charge < -0.3 is 5.32 Å². The van der Waals surface area contributed by atoms with E-state index >= 15 is 0 Å². The van der Waals surface area contributed by atoms with Gasteiger partial charge in [0.15, 0.2) is 0 Å². The number of hydrogen-bond donors (Lipinski definition) is 1. The summed E-state index contributed by atoms with van der Waals surface area (Å²) in [6.07, 6.45) is 4.80. The highest BCUT2D eigenvalue weighted by molar-refractivity contribution is 7.98.